The fourth-order valence-electron chi connectivity index (χ4n) is 2.76. The SMILES string of the molecule is Cc1ccc(NC(=O)[C@@H](OC(=O)c2ccc(S(C)(=O)=O)cc2)c2ccccc2)cc1. The van der Waals surface area contributed by atoms with Crippen LogP contribution in [0.5, 0.6) is 0 Å². The summed E-state index contributed by atoms with van der Waals surface area (Å²) >= 11 is 0. The van der Waals surface area contributed by atoms with Crippen molar-refractivity contribution in [2.24, 2.45) is 0 Å². The molecule has 0 fully saturated rings. The van der Waals surface area contributed by atoms with Gasteiger partial charge >= 0.3 is 5.97 Å². The minimum atomic E-state index is -3.38. The van der Waals surface area contributed by atoms with Gasteiger partial charge < -0.3 is 10.1 Å². The van der Waals surface area contributed by atoms with Crippen LogP contribution < -0.4 is 5.32 Å². The van der Waals surface area contributed by atoms with Gasteiger partial charge in [-0.25, -0.2) is 13.2 Å². The highest BCUT2D eigenvalue weighted by atomic mass is 32.2. The zero-order valence-corrected chi connectivity index (χ0v) is 17.3. The maximum absolute atomic E-state index is 12.9. The zero-order valence-electron chi connectivity index (χ0n) is 16.5. The van der Waals surface area contributed by atoms with Crippen LogP contribution in [-0.4, -0.2) is 26.6 Å². The molecule has 0 heterocycles. The second-order valence-corrected chi connectivity index (χ2v) is 8.86. The van der Waals surface area contributed by atoms with Gasteiger partial charge in [-0.2, -0.15) is 0 Å². The molecule has 30 heavy (non-hydrogen) atoms. The van der Waals surface area contributed by atoms with Gasteiger partial charge in [0, 0.05) is 17.5 Å². The third-order valence-corrected chi connectivity index (χ3v) is 5.53. The van der Waals surface area contributed by atoms with Gasteiger partial charge in [-0.05, 0) is 43.3 Å². The van der Waals surface area contributed by atoms with E-state index in [9.17, 15) is 18.0 Å². The lowest BCUT2D eigenvalue weighted by Gasteiger charge is -2.18. The summed E-state index contributed by atoms with van der Waals surface area (Å²) in [5.74, 6) is -1.23. The maximum atomic E-state index is 12.9. The largest absolute Gasteiger partial charge is 0.444 e. The molecule has 1 atom stereocenters. The first kappa shape index (κ1) is 21.3. The van der Waals surface area contributed by atoms with Crippen molar-refractivity contribution in [3.05, 3.63) is 95.6 Å². The molecule has 0 aromatic heterocycles. The Morgan fingerprint density at radius 3 is 2.03 bits per heavy atom. The summed E-state index contributed by atoms with van der Waals surface area (Å²) in [5, 5.41) is 2.76. The first-order chi connectivity index (χ1) is 14.2. The lowest BCUT2D eigenvalue weighted by atomic mass is 10.1. The van der Waals surface area contributed by atoms with Gasteiger partial charge in [0.1, 0.15) is 0 Å². The van der Waals surface area contributed by atoms with Gasteiger partial charge in [-0.3, -0.25) is 4.79 Å². The van der Waals surface area contributed by atoms with E-state index < -0.39 is 27.8 Å². The number of nitrogens with one attached hydrogen (secondary N) is 1. The highest BCUT2D eigenvalue weighted by Gasteiger charge is 2.26. The minimum absolute atomic E-state index is 0.0933. The fourth-order valence-corrected chi connectivity index (χ4v) is 3.39. The molecule has 0 radical (unpaired) electrons. The van der Waals surface area contributed by atoms with Crippen LogP contribution in [-0.2, 0) is 19.4 Å². The third kappa shape index (κ3) is 5.33. The van der Waals surface area contributed by atoms with Crippen molar-refractivity contribution in [1.29, 1.82) is 0 Å². The summed E-state index contributed by atoms with van der Waals surface area (Å²) in [5.41, 5.74) is 2.30. The van der Waals surface area contributed by atoms with Crippen LogP contribution >= 0.6 is 0 Å². The van der Waals surface area contributed by atoms with Crippen LogP contribution in [0.2, 0.25) is 0 Å². The summed E-state index contributed by atoms with van der Waals surface area (Å²) in [6.45, 7) is 1.94. The topological polar surface area (TPSA) is 89.5 Å². The molecule has 0 bridgehead atoms. The van der Waals surface area contributed by atoms with E-state index in [-0.39, 0.29) is 10.5 Å². The summed E-state index contributed by atoms with van der Waals surface area (Å²) in [6.07, 6.45) is -0.0872. The fraction of sp³-hybridized carbons (Fsp3) is 0.130. The molecule has 0 saturated heterocycles. The van der Waals surface area contributed by atoms with E-state index in [4.69, 9.17) is 4.74 Å². The number of hydrogen-bond donors (Lipinski definition) is 1. The summed E-state index contributed by atoms with van der Waals surface area (Å²) < 4.78 is 28.7. The first-order valence-electron chi connectivity index (χ1n) is 9.17. The lowest BCUT2D eigenvalue weighted by molar-refractivity contribution is -0.125. The molecule has 1 amide bonds. The van der Waals surface area contributed by atoms with E-state index in [1.54, 1.807) is 42.5 Å². The zero-order chi connectivity index (χ0) is 21.7. The number of amides is 1. The van der Waals surface area contributed by atoms with E-state index in [1.165, 1.54) is 24.3 Å². The summed E-state index contributed by atoms with van der Waals surface area (Å²) in [6, 6.07) is 21.3. The van der Waals surface area contributed by atoms with Gasteiger partial charge in [0.05, 0.1) is 10.5 Å². The number of carbonyl (C=O) groups excluding carboxylic acids is 2. The number of esters is 1. The Kier molecular flexibility index (Phi) is 6.32. The predicted octanol–water partition coefficient (Wildman–Crippen LogP) is 3.94. The van der Waals surface area contributed by atoms with E-state index >= 15 is 0 Å². The molecule has 0 aliphatic heterocycles. The molecule has 7 heteroatoms. The number of benzene rings is 3. The van der Waals surface area contributed by atoms with Gasteiger partial charge in [-0.1, -0.05) is 48.0 Å². The van der Waals surface area contributed by atoms with Crippen LogP contribution in [0.1, 0.15) is 27.6 Å². The Labute approximate surface area is 175 Å². The first-order valence-corrected chi connectivity index (χ1v) is 11.1. The smallest absolute Gasteiger partial charge is 0.339 e. The summed E-state index contributed by atoms with van der Waals surface area (Å²) in [7, 11) is -3.38. The molecule has 6 nitrogen and oxygen atoms in total. The van der Waals surface area contributed by atoms with Gasteiger partial charge in [0.2, 0.25) is 6.10 Å². The van der Waals surface area contributed by atoms with Crippen LogP contribution in [0.3, 0.4) is 0 Å². The van der Waals surface area contributed by atoms with E-state index in [2.05, 4.69) is 5.32 Å². The van der Waals surface area contributed by atoms with Crippen molar-refractivity contribution < 1.29 is 22.7 Å². The lowest BCUT2D eigenvalue weighted by Crippen LogP contribution is -2.26. The van der Waals surface area contributed by atoms with E-state index in [0.29, 0.717) is 11.3 Å². The monoisotopic (exact) mass is 423 g/mol. The van der Waals surface area contributed by atoms with Crippen LogP contribution in [0.15, 0.2) is 83.8 Å². The molecule has 154 valence electrons. The second-order valence-electron chi connectivity index (χ2n) is 6.85. The Balaban J connectivity index is 1.83. The quantitative estimate of drug-likeness (QED) is 0.607. The van der Waals surface area contributed by atoms with Crippen LogP contribution in [0, 0.1) is 6.92 Å². The molecule has 0 aliphatic rings. The second kappa shape index (κ2) is 8.92. The molecule has 3 aromatic carbocycles. The highest BCUT2D eigenvalue weighted by Crippen LogP contribution is 2.22. The molecule has 0 unspecified atom stereocenters. The highest BCUT2D eigenvalue weighted by molar-refractivity contribution is 7.90. The number of ether oxygens (including phenoxy) is 1. The van der Waals surface area contributed by atoms with Crippen LogP contribution in [0.4, 0.5) is 5.69 Å². The van der Waals surface area contributed by atoms with E-state index in [1.807, 2.05) is 19.1 Å². The average molecular weight is 423 g/mol. The van der Waals surface area contributed by atoms with Crippen molar-refractivity contribution in [3.8, 4) is 0 Å². The Hall–Kier alpha value is -3.45. The molecular formula is C23H21NO5S. The molecule has 0 saturated carbocycles. The number of rotatable bonds is 6. The number of hydrogen-bond acceptors (Lipinski definition) is 5. The molecule has 1 N–H and O–H groups in total. The Morgan fingerprint density at radius 1 is 0.867 bits per heavy atom. The van der Waals surface area contributed by atoms with Crippen LogP contribution in [0.25, 0.3) is 0 Å². The third-order valence-electron chi connectivity index (χ3n) is 4.40. The normalized spacial score (nSPS) is 12.1. The summed E-state index contributed by atoms with van der Waals surface area (Å²) in [4.78, 5) is 25.6. The molecule has 3 rings (SSSR count). The number of anilines is 1. The Morgan fingerprint density at radius 2 is 1.47 bits per heavy atom. The van der Waals surface area contributed by atoms with Crippen molar-refractivity contribution in [2.75, 3.05) is 11.6 Å². The average Bonchev–Trinajstić information content (AvgIpc) is 2.73. The van der Waals surface area contributed by atoms with E-state index in [0.717, 1.165) is 11.8 Å². The number of carbonyl (C=O) groups is 2. The number of aryl methyl sites for hydroxylation is 1. The predicted molar refractivity (Wildman–Crippen MR) is 114 cm³/mol. The molecular weight excluding hydrogens is 402 g/mol. The van der Waals surface area contributed by atoms with Crippen molar-refractivity contribution in [2.45, 2.75) is 17.9 Å². The Bertz CT molecular complexity index is 1140. The van der Waals surface area contributed by atoms with Gasteiger partial charge in [0.15, 0.2) is 9.84 Å². The molecule has 3 aromatic rings. The standard InChI is InChI=1S/C23H21NO5S/c1-16-8-12-19(13-9-16)24-22(25)21(17-6-4-3-5-7-17)29-23(26)18-10-14-20(15-11-18)30(2,27)28/h3-15,21H,1-2H3,(H,24,25)/t21-/m0/s1. The molecule has 0 spiro atoms. The maximum Gasteiger partial charge on any atom is 0.339 e. The minimum Gasteiger partial charge on any atom is -0.444 e. The number of sulfone groups is 1. The van der Waals surface area contributed by atoms with Crippen molar-refractivity contribution in [1.82, 2.24) is 0 Å². The molecule has 0 aliphatic carbocycles. The van der Waals surface area contributed by atoms with Gasteiger partial charge in [-0.15, -0.1) is 0 Å². The van der Waals surface area contributed by atoms with Crippen molar-refractivity contribution >= 4 is 27.4 Å². The van der Waals surface area contributed by atoms with Gasteiger partial charge in [0.25, 0.3) is 5.91 Å². The van der Waals surface area contributed by atoms with Crippen molar-refractivity contribution in [3.63, 3.8) is 0 Å².